The Kier molecular flexibility index (Phi) is 3.37. The normalized spacial score (nSPS) is 13.2. The highest BCUT2D eigenvalue weighted by atomic mass is 32.2. The molecule has 0 N–H and O–H groups in total. The van der Waals surface area contributed by atoms with Gasteiger partial charge in [0, 0.05) is 10.6 Å². The average molecular weight is 242 g/mol. The number of ether oxygens (including phenoxy) is 1. The number of benzene rings is 1. The van der Waals surface area contributed by atoms with Crippen LogP contribution < -0.4 is 4.74 Å². The Bertz CT molecular complexity index is 548. The second kappa shape index (κ2) is 4.95. The summed E-state index contributed by atoms with van der Waals surface area (Å²) in [5.41, 5.74) is 2.06. The minimum atomic E-state index is 0.219. The van der Waals surface area contributed by atoms with Gasteiger partial charge in [-0.25, -0.2) is 0 Å². The van der Waals surface area contributed by atoms with Gasteiger partial charge in [-0.15, -0.1) is 11.8 Å². The molecule has 0 unspecified atom stereocenters. The van der Waals surface area contributed by atoms with Crippen LogP contribution in [0.3, 0.4) is 0 Å². The van der Waals surface area contributed by atoms with Gasteiger partial charge < -0.3 is 4.74 Å². The van der Waals surface area contributed by atoms with Crippen LogP contribution in [0.5, 0.6) is 5.75 Å². The van der Waals surface area contributed by atoms with Gasteiger partial charge in [0.15, 0.2) is 0 Å². The lowest BCUT2D eigenvalue weighted by molar-refractivity contribution is 0.413. The van der Waals surface area contributed by atoms with Crippen molar-refractivity contribution in [2.45, 2.75) is 11.3 Å². The standard InChI is InChI=1S/C13H10N2OS/c1-16-10-2-3-12-11(9(7-14)8-15)4-5-17-13(12)6-10/h2-3,6H,4-5H2,1H3. The van der Waals surface area contributed by atoms with E-state index in [0.717, 1.165) is 34.0 Å². The van der Waals surface area contributed by atoms with Gasteiger partial charge in [-0.1, -0.05) is 0 Å². The Morgan fingerprint density at radius 3 is 2.76 bits per heavy atom. The van der Waals surface area contributed by atoms with Gasteiger partial charge in [-0.3, -0.25) is 0 Å². The van der Waals surface area contributed by atoms with Crippen molar-refractivity contribution >= 4 is 17.3 Å². The highest BCUT2D eigenvalue weighted by Gasteiger charge is 2.18. The van der Waals surface area contributed by atoms with Gasteiger partial charge >= 0.3 is 0 Å². The first-order valence-corrected chi connectivity index (χ1v) is 6.13. The maximum Gasteiger partial charge on any atom is 0.133 e. The zero-order chi connectivity index (χ0) is 12.3. The molecule has 2 rings (SSSR count). The number of hydrogen-bond acceptors (Lipinski definition) is 4. The first kappa shape index (κ1) is 11.6. The van der Waals surface area contributed by atoms with Crippen molar-refractivity contribution in [3.63, 3.8) is 0 Å². The monoisotopic (exact) mass is 242 g/mol. The van der Waals surface area contributed by atoms with Crippen LogP contribution in [0.25, 0.3) is 5.57 Å². The van der Waals surface area contributed by atoms with Crippen molar-refractivity contribution < 1.29 is 4.74 Å². The quantitative estimate of drug-likeness (QED) is 0.710. The topological polar surface area (TPSA) is 56.8 Å². The van der Waals surface area contributed by atoms with Gasteiger partial charge in [-0.05, 0) is 35.8 Å². The van der Waals surface area contributed by atoms with E-state index >= 15 is 0 Å². The molecule has 0 saturated heterocycles. The third-order valence-electron chi connectivity index (χ3n) is 2.65. The van der Waals surface area contributed by atoms with Gasteiger partial charge in [0.2, 0.25) is 0 Å². The van der Waals surface area contributed by atoms with E-state index in [1.54, 1.807) is 18.9 Å². The van der Waals surface area contributed by atoms with Crippen molar-refractivity contribution in [1.29, 1.82) is 10.5 Å². The average Bonchev–Trinajstić information content (AvgIpc) is 2.39. The third kappa shape index (κ3) is 2.13. The zero-order valence-electron chi connectivity index (χ0n) is 9.36. The lowest BCUT2D eigenvalue weighted by atomic mass is 9.98. The number of fused-ring (bicyclic) bond motifs is 1. The van der Waals surface area contributed by atoms with Crippen LogP contribution in [-0.4, -0.2) is 12.9 Å². The molecule has 0 spiro atoms. The summed E-state index contributed by atoms with van der Waals surface area (Å²) in [5.74, 6) is 1.69. The maximum atomic E-state index is 8.94. The minimum Gasteiger partial charge on any atom is -0.497 e. The number of allylic oxidation sites excluding steroid dienone is 2. The second-order valence-corrected chi connectivity index (χ2v) is 4.67. The second-order valence-electron chi connectivity index (χ2n) is 3.54. The Labute approximate surface area is 104 Å². The number of thioether (sulfide) groups is 1. The molecule has 1 aromatic carbocycles. The van der Waals surface area contributed by atoms with Crippen LogP contribution >= 0.6 is 11.8 Å². The Hall–Kier alpha value is -1.91. The van der Waals surface area contributed by atoms with E-state index in [4.69, 9.17) is 15.3 Å². The summed E-state index contributed by atoms with van der Waals surface area (Å²) >= 11 is 1.73. The molecule has 0 radical (unpaired) electrons. The van der Waals surface area contributed by atoms with Crippen LogP contribution in [0, 0.1) is 22.7 Å². The fourth-order valence-corrected chi connectivity index (χ4v) is 2.89. The van der Waals surface area contributed by atoms with E-state index in [2.05, 4.69) is 0 Å². The number of hydrogen-bond donors (Lipinski definition) is 0. The van der Waals surface area contributed by atoms with Gasteiger partial charge in [0.05, 0.1) is 7.11 Å². The SMILES string of the molecule is COc1ccc2c(c1)SCCC2=C(C#N)C#N. The fourth-order valence-electron chi connectivity index (χ4n) is 1.82. The number of methoxy groups -OCH3 is 1. The van der Waals surface area contributed by atoms with Crippen molar-refractivity contribution in [2.24, 2.45) is 0 Å². The molecule has 0 atom stereocenters. The fraction of sp³-hybridized carbons (Fsp3) is 0.231. The van der Waals surface area contributed by atoms with E-state index in [1.165, 1.54) is 0 Å². The largest absolute Gasteiger partial charge is 0.497 e. The summed E-state index contributed by atoms with van der Waals surface area (Å²) in [6.07, 6.45) is 0.764. The van der Waals surface area contributed by atoms with E-state index in [1.807, 2.05) is 30.3 Å². The van der Waals surface area contributed by atoms with Crippen LogP contribution in [0.4, 0.5) is 0 Å². The highest BCUT2D eigenvalue weighted by molar-refractivity contribution is 7.99. The summed E-state index contributed by atoms with van der Waals surface area (Å²) < 4.78 is 5.17. The maximum absolute atomic E-state index is 8.94. The molecular formula is C13H10N2OS. The van der Waals surface area contributed by atoms with Crippen molar-refractivity contribution in [3.8, 4) is 17.9 Å². The predicted octanol–water partition coefficient (Wildman–Crippen LogP) is 2.99. The van der Waals surface area contributed by atoms with Crippen molar-refractivity contribution in [1.82, 2.24) is 0 Å². The van der Waals surface area contributed by atoms with Crippen molar-refractivity contribution in [3.05, 3.63) is 29.3 Å². The molecule has 0 aliphatic carbocycles. The lowest BCUT2D eigenvalue weighted by Gasteiger charge is -2.19. The summed E-state index contributed by atoms with van der Waals surface area (Å²) in [5, 5.41) is 17.9. The van der Waals surface area contributed by atoms with E-state index < -0.39 is 0 Å². The first-order valence-electron chi connectivity index (χ1n) is 5.14. The molecule has 0 bridgehead atoms. The third-order valence-corrected chi connectivity index (χ3v) is 3.71. The molecule has 1 aliphatic heterocycles. The predicted molar refractivity (Wildman–Crippen MR) is 66.5 cm³/mol. The Morgan fingerprint density at radius 1 is 1.35 bits per heavy atom. The highest BCUT2D eigenvalue weighted by Crippen LogP contribution is 2.40. The molecule has 4 heteroatoms. The van der Waals surface area contributed by atoms with Crippen molar-refractivity contribution in [2.75, 3.05) is 12.9 Å². The molecule has 84 valence electrons. The van der Waals surface area contributed by atoms with Gasteiger partial charge in [0.25, 0.3) is 0 Å². The summed E-state index contributed by atoms with van der Waals surface area (Å²) in [6, 6.07) is 9.67. The molecule has 0 saturated carbocycles. The Morgan fingerprint density at radius 2 is 2.12 bits per heavy atom. The smallest absolute Gasteiger partial charge is 0.133 e. The van der Waals surface area contributed by atoms with E-state index in [0.29, 0.717) is 0 Å². The zero-order valence-corrected chi connectivity index (χ0v) is 10.2. The lowest BCUT2D eigenvalue weighted by Crippen LogP contribution is -2.00. The molecular weight excluding hydrogens is 232 g/mol. The summed E-state index contributed by atoms with van der Waals surface area (Å²) in [4.78, 5) is 1.08. The minimum absolute atomic E-state index is 0.219. The number of nitrogens with zero attached hydrogens (tertiary/aromatic N) is 2. The van der Waals surface area contributed by atoms with E-state index in [9.17, 15) is 0 Å². The Balaban J connectivity index is 2.58. The number of nitriles is 2. The summed E-state index contributed by atoms with van der Waals surface area (Å²) in [6.45, 7) is 0. The summed E-state index contributed by atoms with van der Waals surface area (Å²) in [7, 11) is 1.63. The molecule has 0 fully saturated rings. The van der Waals surface area contributed by atoms with Crippen LogP contribution in [0.1, 0.15) is 12.0 Å². The van der Waals surface area contributed by atoms with Crippen LogP contribution in [0.15, 0.2) is 28.7 Å². The van der Waals surface area contributed by atoms with Gasteiger partial charge in [0.1, 0.15) is 23.5 Å². The number of rotatable bonds is 1. The molecule has 1 heterocycles. The van der Waals surface area contributed by atoms with Gasteiger partial charge in [-0.2, -0.15) is 10.5 Å². The molecule has 17 heavy (non-hydrogen) atoms. The molecule has 1 aliphatic rings. The van der Waals surface area contributed by atoms with Crippen LogP contribution in [0.2, 0.25) is 0 Å². The molecule has 0 aromatic heterocycles. The molecule has 3 nitrogen and oxygen atoms in total. The first-order chi connectivity index (χ1) is 8.30. The molecule has 0 amide bonds. The van der Waals surface area contributed by atoms with Crippen LogP contribution in [-0.2, 0) is 0 Å². The van der Waals surface area contributed by atoms with E-state index in [-0.39, 0.29) is 5.57 Å². The molecule has 1 aromatic rings.